The molecule has 0 radical (unpaired) electrons. The van der Waals surface area contributed by atoms with Gasteiger partial charge in [-0.15, -0.1) is 0 Å². The first-order valence-electron chi connectivity index (χ1n) is 5.57. The summed E-state index contributed by atoms with van der Waals surface area (Å²) in [6, 6.07) is 0.762. The molecule has 1 saturated heterocycles. The number of hydrogen-bond acceptors (Lipinski definition) is 2. The van der Waals surface area contributed by atoms with E-state index in [9.17, 15) is 0 Å². The van der Waals surface area contributed by atoms with E-state index in [-0.39, 0.29) is 0 Å². The summed E-state index contributed by atoms with van der Waals surface area (Å²) in [6.45, 7) is 5.98. The van der Waals surface area contributed by atoms with E-state index in [1.807, 2.05) is 0 Å². The van der Waals surface area contributed by atoms with Crippen LogP contribution in [0.1, 0.15) is 39.5 Å². The zero-order valence-corrected chi connectivity index (χ0v) is 9.62. The largest absolute Gasteiger partial charge is 0.313 e. The van der Waals surface area contributed by atoms with Gasteiger partial charge in [0, 0.05) is 17.3 Å². The minimum Gasteiger partial charge on any atom is -0.313 e. The monoisotopic (exact) mass is 199 g/mol. The van der Waals surface area contributed by atoms with Gasteiger partial charge in [-0.1, -0.05) is 0 Å². The molecule has 2 aliphatic rings. The smallest absolute Gasteiger partial charge is 0.0256 e. The van der Waals surface area contributed by atoms with Crippen LogP contribution in [0.25, 0.3) is 0 Å². The Morgan fingerprint density at radius 3 is 2.85 bits per heavy atom. The van der Waals surface area contributed by atoms with Crippen molar-refractivity contribution in [2.75, 3.05) is 12.3 Å². The van der Waals surface area contributed by atoms with Gasteiger partial charge in [0.25, 0.3) is 0 Å². The highest BCUT2D eigenvalue weighted by Crippen LogP contribution is 2.38. The first-order chi connectivity index (χ1) is 6.20. The zero-order valence-electron chi connectivity index (χ0n) is 8.81. The standard InChI is InChI=1S/C11H21NS/c1-9(10-4-5-10)12-8-11(2)6-3-7-13-11/h9-10,12H,3-8H2,1-2H3. The van der Waals surface area contributed by atoms with Gasteiger partial charge in [-0.05, 0) is 51.2 Å². The Bertz CT molecular complexity index is 171. The molecule has 2 rings (SSSR count). The van der Waals surface area contributed by atoms with Crippen LogP contribution in [-0.4, -0.2) is 23.1 Å². The van der Waals surface area contributed by atoms with Crippen LogP contribution in [-0.2, 0) is 0 Å². The molecule has 1 N–H and O–H groups in total. The van der Waals surface area contributed by atoms with Crippen molar-refractivity contribution in [1.82, 2.24) is 5.32 Å². The third-order valence-electron chi connectivity index (χ3n) is 3.43. The second kappa shape index (κ2) is 3.82. The summed E-state index contributed by atoms with van der Waals surface area (Å²) >= 11 is 2.16. The Hall–Kier alpha value is 0.310. The van der Waals surface area contributed by atoms with Gasteiger partial charge in [0.2, 0.25) is 0 Å². The Balaban J connectivity index is 1.70. The topological polar surface area (TPSA) is 12.0 Å². The van der Waals surface area contributed by atoms with Crippen molar-refractivity contribution in [1.29, 1.82) is 0 Å². The van der Waals surface area contributed by atoms with Crippen LogP contribution >= 0.6 is 11.8 Å². The van der Waals surface area contributed by atoms with Crippen LogP contribution in [0.3, 0.4) is 0 Å². The fourth-order valence-electron chi connectivity index (χ4n) is 2.12. The molecule has 0 amide bonds. The summed E-state index contributed by atoms with van der Waals surface area (Å²) in [5.41, 5.74) is 0. The molecule has 76 valence electrons. The van der Waals surface area contributed by atoms with Gasteiger partial charge in [-0.25, -0.2) is 0 Å². The molecule has 0 aromatic rings. The number of thioether (sulfide) groups is 1. The summed E-state index contributed by atoms with van der Waals surface area (Å²) in [7, 11) is 0. The molecular weight excluding hydrogens is 178 g/mol. The highest BCUT2D eigenvalue weighted by molar-refractivity contribution is 8.00. The lowest BCUT2D eigenvalue weighted by atomic mass is 10.1. The number of rotatable bonds is 4. The van der Waals surface area contributed by atoms with E-state index in [4.69, 9.17) is 0 Å². The fraction of sp³-hybridized carbons (Fsp3) is 1.00. The van der Waals surface area contributed by atoms with Crippen LogP contribution in [0.5, 0.6) is 0 Å². The van der Waals surface area contributed by atoms with Crippen molar-refractivity contribution in [2.45, 2.75) is 50.3 Å². The molecule has 1 aliphatic carbocycles. The average Bonchev–Trinajstić information content (AvgIpc) is 2.87. The lowest BCUT2D eigenvalue weighted by Gasteiger charge is -2.25. The van der Waals surface area contributed by atoms with Crippen molar-refractivity contribution in [3.05, 3.63) is 0 Å². The molecule has 0 aromatic heterocycles. The number of hydrogen-bond donors (Lipinski definition) is 1. The van der Waals surface area contributed by atoms with Crippen LogP contribution in [0.4, 0.5) is 0 Å². The molecule has 1 saturated carbocycles. The van der Waals surface area contributed by atoms with E-state index >= 15 is 0 Å². The molecule has 1 aliphatic heterocycles. The molecule has 2 heteroatoms. The maximum Gasteiger partial charge on any atom is 0.0256 e. The van der Waals surface area contributed by atoms with Crippen molar-refractivity contribution in [3.8, 4) is 0 Å². The van der Waals surface area contributed by atoms with E-state index in [2.05, 4.69) is 30.9 Å². The molecule has 0 spiro atoms. The van der Waals surface area contributed by atoms with Crippen LogP contribution < -0.4 is 5.32 Å². The summed E-state index contributed by atoms with van der Waals surface area (Å²) < 4.78 is 0.545. The predicted octanol–water partition coefficient (Wildman–Crippen LogP) is 2.66. The van der Waals surface area contributed by atoms with E-state index in [0.717, 1.165) is 12.0 Å². The lowest BCUT2D eigenvalue weighted by Crippen LogP contribution is -2.38. The Morgan fingerprint density at radius 1 is 1.54 bits per heavy atom. The molecule has 1 heterocycles. The summed E-state index contributed by atoms with van der Waals surface area (Å²) in [5, 5.41) is 3.71. The molecule has 2 atom stereocenters. The highest BCUT2D eigenvalue weighted by atomic mass is 32.2. The molecule has 1 nitrogen and oxygen atoms in total. The van der Waals surface area contributed by atoms with E-state index in [1.54, 1.807) is 0 Å². The molecule has 2 fully saturated rings. The summed E-state index contributed by atoms with van der Waals surface area (Å²) in [6.07, 6.45) is 5.73. The van der Waals surface area contributed by atoms with Crippen molar-refractivity contribution in [3.63, 3.8) is 0 Å². The van der Waals surface area contributed by atoms with E-state index in [0.29, 0.717) is 4.75 Å². The molecule has 13 heavy (non-hydrogen) atoms. The van der Waals surface area contributed by atoms with Crippen LogP contribution in [0.2, 0.25) is 0 Å². The first kappa shape index (κ1) is 9.85. The second-order valence-electron chi connectivity index (χ2n) is 4.91. The maximum absolute atomic E-state index is 3.71. The van der Waals surface area contributed by atoms with Crippen molar-refractivity contribution < 1.29 is 0 Å². The second-order valence-corrected chi connectivity index (χ2v) is 6.59. The third-order valence-corrected chi connectivity index (χ3v) is 4.97. The van der Waals surface area contributed by atoms with E-state index < -0.39 is 0 Å². The predicted molar refractivity (Wildman–Crippen MR) is 60.3 cm³/mol. The Morgan fingerprint density at radius 2 is 2.31 bits per heavy atom. The van der Waals surface area contributed by atoms with Gasteiger partial charge in [0.1, 0.15) is 0 Å². The van der Waals surface area contributed by atoms with Crippen LogP contribution in [0.15, 0.2) is 0 Å². The zero-order chi connectivity index (χ0) is 9.31. The van der Waals surface area contributed by atoms with Gasteiger partial charge in [0.15, 0.2) is 0 Å². The van der Waals surface area contributed by atoms with Gasteiger partial charge in [-0.2, -0.15) is 11.8 Å². The summed E-state index contributed by atoms with van der Waals surface area (Å²) in [4.78, 5) is 0. The molecular formula is C11H21NS. The highest BCUT2D eigenvalue weighted by Gasteiger charge is 2.32. The van der Waals surface area contributed by atoms with E-state index in [1.165, 1.54) is 38.0 Å². The minimum atomic E-state index is 0.545. The summed E-state index contributed by atoms with van der Waals surface area (Å²) in [5.74, 6) is 2.37. The lowest BCUT2D eigenvalue weighted by molar-refractivity contribution is 0.449. The quantitative estimate of drug-likeness (QED) is 0.747. The average molecular weight is 199 g/mol. The maximum atomic E-state index is 3.71. The van der Waals surface area contributed by atoms with Gasteiger partial charge < -0.3 is 5.32 Å². The van der Waals surface area contributed by atoms with Crippen molar-refractivity contribution in [2.24, 2.45) is 5.92 Å². The van der Waals surface area contributed by atoms with Gasteiger partial charge >= 0.3 is 0 Å². The third kappa shape index (κ3) is 2.63. The molecule has 0 bridgehead atoms. The van der Waals surface area contributed by atoms with Crippen LogP contribution in [0, 0.1) is 5.92 Å². The fourth-order valence-corrected chi connectivity index (χ4v) is 3.37. The van der Waals surface area contributed by atoms with Gasteiger partial charge in [-0.3, -0.25) is 0 Å². The minimum absolute atomic E-state index is 0.545. The molecule has 2 unspecified atom stereocenters. The Labute approximate surface area is 86.0 Å². The normalized spacial score (nSPS) is 36.5. The Kier molecular flexibility index (Phi) is 2.89. The van der Waals surface area contributed by atoms with Crippen molar-refractivity contribution >= 4 is 11.8 Å². The number of nitrogens with one attached hydrogen (secondary N) is 1. The SMILES string of the molecule is CC(NCC1(C)CCCS1)C1CC1. The van der Waals surface area contributed by atoms with Gasteiger partial charge in [0.05, 0.1) is 0 Å². The first-order valence-corrected chi connectivity index (χ1v) is 6.55. The molecule has 0 aromatic carbocycles.